The first-order valence-electron chi connectivity index (χ1n) is 6.56. The Labute approximate surface area is 126 Å². The first kappa shape index (κ1) is 14.8. The second kappa shape index (κ2) is 5.24. The number of rotatable bonds is 2. The van der Waals surface area contributed by atoms with E-state index < -0.39 is 27.5 Å². The van der Waals surface area contributed by atoms with Crippen LogP contribution < -0.4 is 4.90 Å². The maximum Gasteiger partial charge on any atom is 0.164 e. The maximum absolute atomic E-state index is 14.1. The molecule has 0 radical (unpaired) electrons. The van der Waals surface area contributed by atoms with Gasteiger partial charge in [-0.3, -0.25) is 4.99 Å². The topological polar surface area (TPSA) is 49.7 Å². The fourth-order valence-corrected chi connectivity index (χ4v) is 5.41. The van der Waals surface area contributed by atoms with Crippen molar-refractivity contribution in [2.75, 3.05) is 22.2 Å². The van der Waals surface area contributed by atoms with Crippen LogP contribution in [0.15, 0.2) is 23.2 Å². The van der Waals surface area contributed by atoms with Gasteiger partial charge in [-0.1, -0.05) is 18.7 Å². The molecule has 3 rings (SSSR count). The number of hydrogen-bond acceptors (Lipinski definition) is 5. The highest BCUT2D eigenvalue weighted by Gasteiger charge is 2.47. The van der Waals surface area contributed by atoms with Crippen LogP contribution in [0.1, 0.15) is 6.92 Å². The number of anilines is 1. The molecule has 0 aromatic heterocycles. The minimum atomic E-state index is -3.16. The van der Waals surface area contributed by atoms with Crippen LogP contribution >= 0.6 is 11.8 Å². The van der Waals surface area contributed by atoms with Crippen LogP contribution in [0.3, 0.4) is 0 Å². The molecule has 21 heavy (non-hydrogen) atoms. The Hall–Kier alpha value is -1.15. The van der Waals surface area contributed by atoms with Crippen molar-refractivity contribution >= 4 is 32.5 Å². The summed E-state index contributed by atoms with van der Waals surface area (Å²) in [6.45, 7) is 1.94. The lowest BCUT2D eigenvalue weighted by molar-refractivity contribution is 0.577. The number of sulfone groups is 1. The number of hydrogen-bond donors (Lipinski definition) is 0. The Balaban J connectivity index is 2.03. The molecule has 1 saturated heterocycles. The molecule has 2 aliphatic heterocycles. The van der Waals surface area contributed by atoms with E-state index in [9.17, 15) is 17.2 Å². The van der Waals surface area contributed by atoms with Gasteiger partial charge in [-0.25, -0.2) is 17.2 Å². The monoisotopic (exact) mass is 332 g/mol. The maximum atomic E-state index is 14.1. The van der Waals surface area contributed by atoms with E-state index in [0.717, 1.165) is 11.8 Å². The second-order valence-electron chi connectivity index (χ2n) is 5.02. The number of fused-ring (bicyclic) bond motifs is 1. The largest absolute Gasteiger partial charge is 0.312 e. The molecule has 0 aliphatic carbocycles. The molecule has 0 unspecified atom stereocenters. The normalized spacial score (nSPS) is 26.8. The third-order valence-electron chi connectivity index (χ3n) is 3.55. The summed E-state index contributed by atoms with van der Waals surface area (Å²) in [5.41, 5.74) is 0.181. The summed E-state index contributed by atoms with van der Waals surface area (Å²) in [6.07, 6.45) is 0. The molecule has 0 saturated carbocycles. The molecule has 4 nitrogen and oxygen atoms in total. The van der Waals surface area contributed by atoms with Gasteiger partial charge in [-0.2, -0.15) is 0 Å². The van der Waals surface area contributed by atoms with Crippen LogP contribution in [0.5, 0.6) is 0 Å². The number of nitrogens with zero attached hydrogens (tertiary/aromatic N) is 2. The smallest absolute Gasteiger partial charge is 0.164 e. The third kappa shape index (κ3) is 2.66. The lowest BCUT2D eigenvalue weighted by Crippen LogP contribution is -2.39. The fraction of sp³-hybridized carbons (Fsp3) is 0.462. The molecule has 0 bridgehead atoms. The molecule has 1 aromatic rings. The van der Waals surface area contributed by atoms with Gasteiger partial charge < -0.3 is 4.90 Å². The standard InChI is InChI=1S/C13H14F2N2O2S2/c1-2-20-13-16-10-6-21(18,19)7-12(10)17(13)11-4-3-8(14)5-9(11)15/h3-5,10,12H,2,6-7H2,1H3/t10-,12-/m1/s1. The van der Waals surface area contributed by atoms with Crippen molar-refractivity contribution in [2.24, 2.45) is 4.99 Å². The van der Waals surface area contributed by atoms with Crippen LogP contribution in [0.25, 0.3) is 0 Å². The summed E-state index contributed by atoms with van der Waals surface area (Å²) >= 11 is 1.43. The van der Waals surface area contributed by atoms with Crippen LogP contribution in [0.4, 0.5) is 14.5 Å². The first-order valence-corrected chi connectivity index (χ1v) is 9.37. The molecule has 0 amide bonds. The van der Waals surface area contributed by atoms with E-state index in [4.69, 9.17) is 0 Å². The van der Waals surface area contributed by atoms with Gasteiger partial charge in [0.15, 0.2) is 15.0 Å². The summed E-state index contributed by atoms with van der Waals surface area (Å²) in [5.74, 6) is -0.682. The highest BCUT2D eigenvalue weighted by molar-refractivity contribution is 8.14. The summed E-state index contributed by atoms with van der Waals surface area (Å²) < 4.78 is 50.7. The lowest BCUT2D eigenvalue weighted by atomic mass is 10.1. The summed E-state index contributed by atoms with van der Waals surface area (Å²) in [7, 11) is -3.16. The minimum Gasteiger partial charge on any atom is -0.312 e. The fourth-order valence-electron chi connectivity index (χ4n) is 2.72. The summed E-state index contributed by atoms with van der Waals surface area (Å²) in [5, 5.41) is 0.605. The van der Waals surface area contributed by atoms with E-state index in [1.165, 1.54) is 23.9 Å². The molecule has 114 valence electrons. The van der Waals surface area contributed by atoms with E-state index in [1.807, 2.05) is 6.92 Å². The Kier molecular flexibility index (Phi) is 3.69. The highest BCUT2D eigenvalue weighted by Crippen LogP contribution is 2.36. The van der Waals surface area contributed by atoms with Gasteiger partial charge in [0, 0.05) is 6.07 Å². The van der Waals surface area contributed by atoms with Gasteiger partial charge in [0.1, 0.15) is 11.6 Å². The number of aliphatic imine (C=N–C) groups is 1. The molecule has 2 atom stereocenters. The Bertz CT molecular complexity index is 706. The molecular weight excluding hydrogens is 318 g/mol. The lowest BCUT2D eigenvalue weighted by Gasteiger charge is -2.26. The minimum absolute atomic E-state index is 0.00917. The third-order valence-corrected chi connectivity index (χ3v) is 6.10. The number of benzene rings is 1. The van der Waals surface area contributed by atoms with Crippen molar-refractivity contribution in [3.8, 4) is 0 Å². The summed E-state index contributed by atoms with van der Waals surface area (Å²) in [6, 6.07) is 2.55. The zero-order valence-electron chi connectivity index (χ0n) is 11.3. The van der Waals surface area contributed by atoms with Crippen LogP contribution in [0, 0.1) is 11.6 Å². The number of halogens is 2. The number of thioether (sulfide) groups is 1. The van der Waals surface area contributed by atoms with E-state index in [0.29, 0.717) is 5.17 Å². The average molecular weight is 332 g/mol. The highest BCUT2D eigenvalue weighted by atomic mass is 32.2. The van der Waals surface area contributed by atoms with Crippen molar-refractivity contribution in [1.29, 1.82) is 0 Å². The Morgan fingerprint density at radius 1 is 1.38 bits per heavy atom. The Morgan fingerprint density at radius 3 is 2.81 bits per heavy atom. The van der Waals surface area contributed by atoms with Gasteiger partial charge in [-0.15, -0.1) is 0 Å². The molecule has 0 N–H and O–H groups in total. The van der Waals surface area contributed by atoms with Gasteiger partial charge in [-0.05, 0) is 17.9 Å². The van der Waals surface area contributed by atoms with Crippen LogP contribution in [0.2, 0.25) is 0 Å². The zero-order chi connectivity index (χ0) is 15.2. The van der Waals surface area contributed by atoms with E-state index >= 15 is 0 Å². The van der Waals surface area contributed by atoms with E-state index in [-0.39, 0.29) is 23.2 Å². The van der Waals surface area contributed by atoms with E-state index in [2.05, 4.69) is 4.99 Å². The van der Waals surface area contributed by atoms with Crippen molar-refractivity contribution in [3.63, 3.8) is 0 Å². The van der Waals surface area contributed by atoms with Crippen molar-refractivity contribution in [2.45, 2.75) is 19.0 Å². The predicted octanol–water partition coefficient (Wildman–Crippen LogP) is 2.06. The van der Waals surface area contributed by atoms with Crippen molar-refractivity contribution < 1.29 is 17.2 Å². The molecule has 1 fully saturated rings. The van der Waals surface area contributed by atoms with Crippen molar-refractivity contribution in [3.05, 3.63) is 29.8 Å². The van der Waals surface area contributed by atoms with Gasteiger partial charge >= 0.3 is 0 Å². The van der Waals surface area contributed by atoms with Crippen LogP contribution in [-0.2, 0) is 9.84 Å². The SMILES string of the molecule is CCSC1=N[C@@H]2CS(=O)(=O)C[C@H]2N1c1ccc(F)cc1F. The molecule has 2 aliphatic rings. The zero-order valence-corrected chi connectivity index (χ0v) is 12.9. The second-order valence-corrected chi connectivity index (χ2v) is 8.41. The number of amidine groups is 1. The molecular formula is C13H14F2N2O2S2. The molecule has 2 heterocycles. The van der Waals surface area contributed by atoms with Gasteiger partial charge in [0.05, 0.1) is 29.3 Å². The van der Waals surface area contributed by atoms with E-state index in [1.54, 1.807) is 4.90 Å². The first-order chi connectivity index (χ1) is 9.91. The van der Waals surface area contributed by atoms with Gasteiger partial charge in [0.25, 0.3) is 0 Å². The van der Waals surface area contributed by atoms with Crippen LogP contribution in [-0.4, -0.2) is 42.9 Å². The average Bonchev–Trinajstić information content (AvgIpc) is 2.82. The summed E-state index contributed by atoms with van der Waals surface area (Å²) in [4.78, 5) is 6.03. The quantitative estimate of drug-likeness (QED) is 0.832. The molecule has 8 heteroatoms. The van der Waals surface area contributed by atoms with Crippen molar-refractivity contribution in [1.82, 2.24) is 0 Å². The Morgan fingerprint density at radius 2 is 2.14 bits per heavy atom. The predicted molar refractivity (Wildman–Crippen MR) is 80.6 cm³/mol. The molecule has 0 spiro atoms. The molecule has 1 aromatic carbocycles. The van der Waals surface area contributed by atoms with Gasteiger partial charge in [0.2, 0.25) is 0 Å².